The highest BCUT2D eigenvalue weighted by Crippen LogP contribution is 2.29. The van der Waals surface area contributed by atoms with Crippen molar-refractivity contribution in [1.29, 1.82) is 0 Å². The molecule has 1 saturated carbocycles. The Kier molecular flexibility index (Phi) is 6.16. The number of ether oxygens (including phenoxy) is 1. The van der Waals surface area contributed by atoms with Crippen molar-refractivity contribution in [3.63, 3.8) is 0 Å². The van der Waals surface area contributed by atoms with E-state index in [4.69, 9.17) is 10.5 Å². The summed E-state index contributed by atoms with van der Waals surface area (Å²) in [6, 6.07) is 9.35. The molecule has 0 aromatic heterocycles. The largest absolute Gasteiger partial charge is 0.368 e. The number of carbonyl (C=O) groups excluding carboxylic acids is 2. The monoisotopic (exact) mass is 318 g/mol. The number of amides is 2. The van der Waals surface area contributed by atoms with Gasteiger partial charge in [0, 0.05) is 6.04 Å². The second kappa shape index (κ2) is 8.11. The number of nitrogens with zero attached hydrogens (tertiary/aromatic N) is 1. The Morgan fingerprint density at radius 3 is 2.35 bits per heavy atom. The number of rotatable bonds is 7. The molecule has 1 aromatic carbocycles. The zero-order chi connectivity index (χ0) is 16.8. The number of nitrogens with two attached hydrogens (primary N) is 1. The summed E-state index contributed by atoms with van der Waals surface area (Å²) in [6.45, 7) is 3.66. The summed E-state index contributed by atoms with van der Waals surface area (Å²) in [5.74, 6) is -0.711. The van der Waals surface area contributed by atoms with Crippen molar-refractivity contribution in [2.75, 3.05) is 6.54 Å². The lowest BCUT2D eigenvalue weighted by Crippen LogP contribution is -2.45. The first kappa shape index (κ1) is 17.5. The highest BCUT2D eigenvalue weighted by Gasteiger charge is 2.32. The van der Waals surface area contributed by atoms with Crippen LogP contribution in [0.1, 0.15) is 51.2 Å². The third-order valence-corrected chi connectivity index (χ3v) is 4.19. The molecule has 0 unspecified atom stereocenters. The molecule has 1 fully saturated rings. The van der Waals surface area contributed by atoms with Crippen LogP contribution >= 0.6 is 0 Å². The Labute approximate surface area is 137 Å². The molecule has 5 heteroatoms. The third kappa shape index (κ3) is 4.79. The molecule has 0 spiro atoms. The van der Waals surface area contributed by atoms with Gasteiger partial charge < -0.3 is 15.4 Å². The van der Waals surface area contributed by atoms with Crippen LogP contribution in [0.5, 0.6) is 0 Å². The third-order valence-electron chi connectivity index (χ3n) is 4.19. The minimum Gasteiger partial charge on any atom is -0.368 e. The van der Waals surface area contributed by atoms with Crippen LogP contribution in [-0.4, -0.2) is 35.4 Å². The van der Waals surface area contributed by atoms with Crippen molar-refractivity contribution >= 4 is 11.8 Å². The van der Waals surface area contributed by atoms with E-state index in [2.05, 4.69) is 0 Å². The van der Waals surface area contributed by atoms with Crippen molar-refractivity contribution in [2.24, 2.45) is 5.73 Å². The van der Waals surface area contributed by atoms with Gasteiger partial charge in [0.1, 0.15) is 0 Å². The van der Waals surface area contributed by atoms with Crippen LogP contribution < -0.4 is 5.73 Å². The fourth-order valence-electron chi connectivity index (χ4n) is 2.96. The minimum absolute atomic E-state index is 0.0894. The summed E-state index contributed by atoms with van der Waals surface area (Å²) >= 11 is 0. The van der Waals surface area contributed by atoms with E-state index in [1.165, 1.54) is 4.90 Å². The first-order valence-corrected chi connectivity index (χ1v) is 8.28. The van der Waals surface area contributed by atoms with Crippen LogP contribution in [0.4, 0.5) is 0 Å². The van der Waals surface area contributed by atoms with Crippen molar-refractivity contribution < 1.29 is 14.3 Å². The molecule has 1 aliphatic carbocycles. The number of primary amides is 1. The summed E-state index contributed by atoms with van der Waals surface area (Å²) < 4.78 is 6.13. The van der Waals surface area contributed by atoms with Gasteiger partial charge in [-0.15, -0.1) is 0 Å². The molecule has 0 bridgehead atoms. The van der Waals surface area contributed by atoms with Gasteiger partial charge in [-0.3, -0.25) is 9.59 Å². The molecule has 0 heterocycles. The summed E-state index contributed by atoms with van der Waals surface area (Å²) in [5, 5.41) is 0. The average molecular weight is 318 g/mol. The fourth-order valence-corrected chi connectivity index (χ4v) is 2.96. The van der Waals surface area contributed by atoms with Gasteiger partial charge in [0.2, 0.25) is 5.91 Å². The molecule has 0 radical (unpaired) electrons. The number of hydrogen-bond acceptors (Lipinski definition) is 3. The number of carbonyl (C=O) groups is 2. The van der Waals surface area contributed by atoms with E-state index in [0.717, 1.165) is 31.2 Å². The van der Waals surface area contributed by atoms with Gasteiger partial charge >= 0.3 is 0 Å². The van der Waals surface area contributed by atoms with Gasteiger partial charge in [-0.05, 0) is 32.3 Å². The van der Waals surface area contributed by atoms with E-state index in [1.54, 1.807) is 0 Å². The molecular weight excluding hydrogens is 292 g/mol. The lowest BCUT2D eigenvalue weighted by atomic mass is 10.1. The van der Waals surface area contributed by atoms with Crippen molar-refractivity contribution in [3.8, 4) is 0 Å². The van der Waals surface area contributed by atoms with Crippen molar-refractivity contribution in [3.05, 3.63) is 35.9 Å². The molecule has 2 rings (SSSR count). The fraction of sp³-hybridized carbons (Fsp3) is 0.556. The Balaban J connectivity index is 2.23. The van der Waals surface area contributed by atoms with Gasteiger partial charge in [-0.1, -0.05) is 43.2 Å². The van der Waals surface area contributed by atoms with Gasteiger partial charge in [-0.2, -0.15) is 0 Å². The maximum Gasteiger partial charge on any atom is 0.257 e. The summed E-state index contributed by atoms with van der Waals surface area (Å²) in [5.41, 5.74) is 6.12. The quantitative estimate of drug-likeness (QED) is 0.839. The average Bonchev–Trinajstić information content (AvgIpc) is 3.03. The van der Waals surface area contributed by atoms with Gasteiger partial charge in [0.15, 0.2) is 6.10 Å². The van der Waals surface area contributed by atoms with Gasteiger partial charge in [0.05, 0.1) is 12.6 Å². The molecule has 126 valence electrons. The second-order valence-electron chi connectivity index (χ2n) is 6.36. The topological polar surface area (TPSA) is 72.6 Å². The van der Waals surface area contributed by atoms with E-state index in [0.29, 0.717) is 0 Å². The lowest BCUT2D eigenvalue weighted by Gasteiger charge is -2.31. The Hall–Kier alpha value is -1.88. The molecule has 1 atom stereocenters. The van der Waals surface area contributed by atoms with Crippen LogP contribution in [0.15, 0.2) is 30.3 Å². The normalized spacial score (nSPS) is 16.5. The van der Waals surface area contributed by atoms with E-state index < -0.39 is 12.0 Å². The summed E-state index contributed by atoms with van der Waals surface area (Å²) in [6.07, 6.45) is 3.65. The van der Waals surface area contributed by atoms with Crippen LogP contribution in [0, 0.1) is 0 Å². The standard InChI is InChI=1S/C18H26N2O3/c1-13(2)20(12-16(19)21)18(22)17(14-8-4-3-5-9-14)23-15-10-6-7-11-15/h3-5,8-9,13,15,17H,6-7,10-12H2,1-2H3,(H2,19,21)/t17-/m1/s1. The lowest BCUT2D eigenvalue weighted by molar-refractivity contribution is -0.151. The summed E-state index contributed by atoms with van der Waals surface area (Å²) in [4.78, 5) is 25.8. The summed E-state index contributed by atoms with van der Waals surface area (Å²) in [7, 11) is 0. The first-order chi connectivity index (χ1) is 11.0. The van der Waals surface area contributed by atoms with Crippen molar-refractivity contribution in [2.45, 2.75) is 57.8 Å². The minimum atomic E-state index is -0.680. The number of hydrogen-bond donors (Lipinski definition) is 1. The Morgan fingerprint density at radius 2 is 1.83 bits per heavy atom. The molecule has 0 aliphatic heterocycles. The van der Waals surface area contributed by atoms with Crippen LogP contribution in [0.25, 0.3) is 0 Å². The van der Waals surface area contributed by atoms with E-state index in [1.807, 2.05) is 44.2 Å². The molecule has 2 N–H and O–H groups in total. The first-order valence-electron chi connectivity index (χ1n) is 8.28. The van der Waals surface area contributed by atoms with E-state index in [9.17, 15) is 9.59 Å². The maximum atomic E-state index is 13.0. The predicted octanol–water partition coefficient (Wildman–Crippen LogP) is 2.41. The zero-order valence-electron chi connectivity index (χ0n) is 13.9. The molecule has 1 aliphatic rings. The molecule has 1 aromatic rings. The van der Waals surface area contributed by atoms with Crippen LogP contribution in [-0.2, 0) is 14.3 Å². The highest BCUT2D eigenvalue weighted by atomic mass is 16.5. The van der Waals surface area contributed by atoms with Gasteiger partial charge in [-0.25, -0.2) is 0 Å². The van der Waals surface area contributed by atoms with Crippen molar-refractivity contribution in [1.82, 2.24) is 4.90 Å². The maximum absolute atomic E-state index is 13.0. The number of benzene rings is 1. The SMILES string of the molecule is CC(C)N(CC(N)=O)C(=O)[C@H](OC1CCCC1)c1ccccc1. The highest BCUT2D eigenvalue weighted by molar-refractivity contribution is 5.87. The predicted molar refractivity (Wildman–Crippen MR) is 88.6 cm³/mol. The molecule has 0 saturated heterocycles. The molecule has 23 heavy (non-hydrogen) atoms. The zero-order valence-corrected chi connectivity index (χ0v) is 13.9. The Morgan fingerprint density at radius 1 is 1.22 bits per heavy atom. The van der Waals surface area contributed by atoms with Gasteiger partial charge in [0.25, 0.3) is 5.91 Å². The molecule has 5 nitrogen and oxygen atoms in total. The van der Waals surface area contributed by atoms with E-state index >= 15 is 0 Å². The second-order valence-corrected chi connectivity index (χ2v) is 6.36. The van der Waals surface area contributed by atoms with E-state index in [-0.39, 0.29) is 24.6 Å². The molecular formula is C18H26N2O3. The smallest absolute Gasteiger partial charge is 0.257 e. The Bertz CT molecular complexity index is 524. The van der Waals surface area contributed by atoms with Crippen LogP contribution in [0.3, 0.4) is 0 Å². The van der Waals surface area contributed by atoms with Crippen LogP contribution in [0.2, 0.25) is 0 Å². The molecule has 2 amide bonds.